The van der Waals surface area contributed by atoms with Gasteiger partial charge in [-0.3, -0.25) is 0 Å². The first-order valence-electron chi connectivity index (χ1n) is 6.41. The molecule has 0 aliphatic heterocycles. The SMILES string of the molecule is CC(C)[C@@H]1CC[C@@H](C)C[C@@]1(O)C(C)(C)C. The number of rotatable bonds is 1. The van der Waals surface area contributed by atoms with Crippen molar-refractivity contribution in [3.05, 3.63) is 0 Å². The predicted octanol–water partition coefficient (Wildman–Crippen LogP) is 3.86. The molecule has 1 fully saturated rings. The summed E-state index contributed by atoms with van der Waals surface area (Å²) in [6.07, 6.45) is 3.44. The van der Waals surface area contributed by atoms with Crippen molar-refractivity contribution in [3.63, 3.8) is 0 Å². The van der Waals surface area contributed by atoms with Gasteiger partial charge >= 0.3 is 0 Å². The lowest BCUT2D eigenvalue weighted by molar-refractivity contribution is -0.150. The van der Waals surface area contributed by atoms with Crippen LogP contribution in [0.15, 0.2) is 0 Å². The van der Waals surface area contributed by atoms with Crippen LogP contribution >= 0.6 is 0 Å². The zero-order valence-corrected chi connectivity index (χ0v) is 11.3. The van der Waals surface area contributed by atoms with E-state index in [1.165, 1.54) is 12.8 Å². The van der Waals surface area contributed by atoms with Crippen LogP contribution < -0.4 is 0 Å². The highest BCUT2D eigenvalue weighted by Crippen LogP contribution is 2.49. The van der Waals surface area contributed by atoms with Gasteiger partial charge in [0.25, 0.3) is 0 Å². The van der Waals surface area contributed by atoms with Gasteiger partial charge in [-0.15, -0.1) is 0 Å². The molecule has 15 heavy (non-hydrogen) atoms. The van der Waals surface area contributed by atoms with E-state index in [1.54, 1.807) is 0 Å². The van der Waals surface area contributed by atoms with E-state index in [9.17, 15) is 5.11 Å². The smallest absolute Gasteiger partial charge is 0.0728 e. The van der Waals surface area contributed by atoms with Gasteiger partial charge in [-0.2, -0.15) is 0 Å². The van der Waals surface area contributed by atoms with E-state index in [0.717, 1.165) is 6.42 Å². The monoisotopic (exact) mass is 212 g/mol. The second kappa shape index (κ2) is 4.08. The summed E-state index contributed by atoms with van der Waals surface area (Å²) in [5.41, 5.74) is -0.477. The van der Waals surface area contributed by atoms with Crippen molar-refractivity contribution in [3.8, 4) is 0 Å². The Labute approximate surface area is 95.3 Å². The van der Waals surface area contributed by atoms with Crippen LogP contribution in [-0.4, -0.2) is 10.7 Å². The minimum absolute atomic E-state index is 0.00336. The highest BCUT2D eigenvalue weighted by molar-refractivity contribution is 5.00. The Hall–Kier alpha value is -0.0400. The quantitative estimate of drug-likeness (QED) is 0.700. The van der Waals surface area contributed by atoms with Crippen LogP contribution in [-0.2, 0) is 0 Å². The molecule has 1 nitrogen and oxygen atoms in total. The molecule has 1 heteroatoms. The fraction of sp³-hybridized carbons (Fsp3) is 1.00. The lowest BCUT2D eigenvalue weighted by Crippen LogP contribution is -2.54. The summed E-state index contributed by atoms with van der Waals surface area (Å²) in [4.78, 5) is 0. The zero-order valence-electron chi connectivity index (χ0n) is 11.3. The average Bonchev–Trinajstić information content (AvgIpc) is 2.00. The van der Waals surface area contributed by atoms with E-state index in [2.05, 4.69) is 41.5 Å². The normalized spacial score (nSPS) is 38.4. The molecule has 0 heterocycles. The molecule has 0 bridgehead atoms. The molecule has 0 radical (unpaired) electrons. The van der Waals surface area contributed by atoms with Gasteiger partial charge in [0.15, 0.2) is 0 Å². The van der Waals surface area contributed by atoms with Gasteiger partial charge in [0, 0.05) is 0 Å². The molecule has 0 aromatic heterocycles. The van der Waals surface area contributed by atoms with Crippen LogP contribution in [0.2, 0.25) is 0 Å². The fourth-order valence-electron chi connectivity index (χ4n) is 3.23. The summed E-state index contributed by atoms with van der Waals surface area (Å²) in [5.74, 6) is 1.72. The third kappa shape index (κ3) is 2.38. The molecule has 1 aliphatic carbocycles. The number of hydrogen-bond acceptors (Lipinski definition) is 1. The van der Waals surface area contributed by atoms with Crippen molar-refractivity contribution in [2.45, 2.75) is 66.4 Å². The van der Waals surface area contributed by atoms with Gasteiger partial charge in [-0.25, -0.2) is 0 Å². The molecule has 0 saturated heterocycles. The number of hydrogen-bond donors (Lipinski definition) is 1. The zero-order chi connectivity index (χ0) is 11.9. The Balaban J connectivity index is 2.97. The molecule has 0 unspecified atom stereocenters. The Bertz CT molecular complexity index is 214. The Morgan fingerprint density at radius 3 is 2.13 bits per heavy atom. The minimum atomic E-state index is -0.473. The Kier molecular flexibility index (Phi) is 3.55. The van der Waals surface area contributed by atoms with Gasteiger partial charge in [0.2, 0.25) is 0 Å². The molecule has 1 N–H and O–H groups in total. The van der Waals surface area contributed by atoms with Crippen LogP contribution in [0.5, 0.6) is 0 Å². The summed E-state index contributed by atoms with van der Waals surface area (Å²) in [5, 5.41) is 11.0. The van der Waals surface area contributed by atoms with Gasteiger partial charge in [-0.1, -0.05) is 48.0 Å². The molecule has 1 saturated carbocycles. The molecule has 1 aliphatic rings. The van der Waals surface area contributed by atoms with Crippen LogP contribution in [0.25, 0.3) is 0 Å². The molecule has 1 rings (SSSR count). The third-order valence-corrected chi connectivity index (χ3v) is 4.35. The Morgan fingerprint density at radius 1 is 1.20 bits per heavy atom. The van der Waals surface area contributed by atoms with E-state index >= 15 is 0 Å². The standard InChI is InChI=1S/C14H28O/c1-10(2)12-8-7-11(3)9-14(12,15)13(4,5)6/h10-12,15H,7-9H2,1-6H3/t11-,12+,14+/m1/s1. The molecule has 0 spiro atoms. The van der Waals surface area contributed by atoms with Gasteiger partial charge in [0.1, 0.15) is 0 Å². The van der Waals surface area contributed by atoms with E-state index in [4.69, 9.17) is 0 Å². The molecular formula is C14H28O. The fourth-order valence-corrected chi connectivity index (χ4v) is 3.23. The topological polar surface area (TPSA) is 20.2 Å². The van der Waals surface area contributed by atoms with Crippen LogP contribution in [0, 0.1) is 23.2 Å². The summed E-state index contributed by atoms with van der Waals surface area (Å²) in [6, 6.07) is 0. The van der Waals surface area contributed by atoms with Gasteiger partial charge in [0.05, 0.1) is 5.60 Å². The van der Waals surface area contributed by atoms with Crippen molar-refractivity contribution >= 4 is 0 Å². The van der Waals surface area contributed by atoms with Crippen molar-refractivity contribution < 1.29 is 5.11 Å². The molecular weight excluding hydrogens is 184 g/mol. The summed E-state index contributed by atoms with van der Waals surface area (Å²) < 4.78 is 0. The average molecular weight is 212 g/mol. The van der Waals surface area contributed by atoms with Crippen LogP contribution in [0.1, 0.15) is 60.8 Å². The maximum atomic E-state index is 11.0. The predicted molar refractivity (Wildman–Crippen MR) is 65.7 cm³/mol. The van der Waals surface area contributed by atoms with E-state index in [-0.39, 0.29) is 5.41 Å². The summed E-state index contributed by atoms with van der Waals surface area (Å²) in [7, 11) is 0. The molecule has 0 aromatic carbocycles. The number of aliphatic hydroxyl groups is 1. The highest BCUT2D eigenvalue weighted by Gasteiger charge is 2.49. The highest BCUT2D eigenvalue weighted by atomic mass is 16.3. The van der Waals surface area contributed by atoms with Crippen molar-refractivity contribution in [2.75, 3.05) is 0 Å². The van der Waals surface area contributed by atoms with E-state index < -0.39 is 5.60 Å². The molecule has 0 amide bonds. The summed E-state index contributed by atoms with van der Waals surface area (Å²) in [6.45, 7) is 13.3. The molecule has 3 atom stereocenters. The van der Waals surface area contributed by atoms with Crippen LogP contribution in [0.3, 0.4) is 0 Å². The maximum Gasteiger partial charge on any atom is 0.0728 e. The second-order valence-electron chi connectivity index (χ2n) is 6.91. The van der Waals surface area contributed by atoms with Crippen molar-refractivity contribution in [1.29, 1.82) is 0 Å². The van der Waals surface area contributed by atoms with E-state index in [1.807, 2.05) is 0 Å². The Morgan fingerprint density at radius 2 is 1.73 bits per heavy atom. The lowest BCUT2D eigenvalue weighted by Gasteiger charge is -2.52. The molecule has 90 valence electrons. The van der Waals surface area contributed by atoms with Gasteiger partial charge < -0.3 is 5.11 Å². The largest absolute Gasteiger partial charge is 0.389 e. The van der Waals surface area contributed by atoms with Gasteiger partial charge in [-0.05, 0) is 36.0 Å². The lowest BCUT2D eigenvalue weighted by atomic mass is 9.57. The van der Waals surface area contributed by atoms with E-state index in [0.29, 0.717) is 17.8 Å². The maximum absolute atomic E-state index is 11.0. The first kappa shape index (κ1) is 13.0. The first-order valence-corrected chi connectivity index (χ1v) is 6.41. The molecule has 0 aromatic rings. The van der Waals surface area contributed by atoms with Crippen molar-refractivity contribution in [1.82, 2.24) is 0 Å². The summed E-state index contributed by atoms with van der Waals surface area (Å²) >= 11 is 0. The minimum Gasteiger partial charge on any atom is -0.389 e. The second-order valence-corrected chi connectivity index (χ2v) is 6.91. The van der Waals surface area contributed by atoms with Crippen LogP contribution in [0.4, 0.5) is 0 Å². The van der Waals surface area contributed by atoms with Crippen molar-refractivity contribution in [2.24, 2.45) is 23.2 Å². The third-order valence-electron chi connectivity index (χ3n) is 4.35. The first-order chi connectivity index (χ1) is 6.68.